The molecule has 2 N–H and O–H groups in total. The van der Waals surface area contributed by atoms with Crippen LogP contribution in [0.5, 0.6) is 0 Å². The van der Waals surface area contributed by atoms with Crippen molar-refractivity contribution in [1.29, 1.82) is 0 Å². The van der Waals surface area contributed by atoms with Crippen LogP contribution < -0.4 is 10.6 Å². The number of hydrogen-bond acceptors (Lipinski definition) is 5. The van der Waals surface area contributed by atoms with Gasteiger partial charge in [-0.05, 0) is 80.1 Å². The molecule has 27 heavy (non-hydrogen) atoms. The molecule has 0 atom stereocenters. The van der Waals surface area contributed by atoms with E-state index in [1.165, 1.54) is 38.5 Å². The SMILES string of the molecule is O=C1NC(NC23CC4CC(CC(C4)C2)C3)=N/C1=C\c1ccc2ncsc2c1. The normalized spacial score (nSPS) is 35.7. The predicted molar refractivity (Wildman–Crippen MR) is 107 cm³/mol. The number of thiazole rings is 1. The van der Waals surface area contributed by atoms with Crippen LogP contribution in [0.3, 0.4) is 0 Å². The van der Waals surface area contributed by atoms with Crippen molar-refractivity contribution in [3.8, 4) is 0 Å². The number of fused-ring (bicyclic) bond motifs is 1. The second-order valence-electron chi connectivity index (χ2n) is 8.85. The van der Waals surface area contributed by atoms with Crippen molar-refractivity contribution >= 4 is 39.5 Å². The standard InChI is InChI=1S/C21H22N4OS/c26-19-17(6-12-1-2-16-18(7-12)27-11-22-16)23-20(24-19)25-21-8-13-3-14(9-21)5-15(4-13)10-21/h1-2,6-7,11,13-15H,3-5,8-10H2,(H2,23,24,25,26)/b17-6-. The molecule has 0 spiro atoms. The predicted octanol–water partition coefficient (Wildman–Crippen LogP) is 3.68. The van der Waals surface area contributed by atoms with Crippen LogP contribution in [0.2, 0.25) is 0 Å². The number of carbonyl (C=O) groups is 1. The van der Waals surface area contributed by atoms with Gasteiger partial charge in [-0.1, -0.05) is 6.07 Å². The lowest BCUT2D eigenvalue weighted by molar-refractivity contribution is -0.115. The molecule has 0 unspecified atom stereocenters. The maximum atomic E-state index is 12.4. The van der Waals surface area contributed by atoms with Crippen molar-refractivity contribution in [2.24, 2.45) is 22.7 Å². The Morgan fingerprint density at radius 1 is 1.15 bits per heavy atom. The Bertz CT molecular complexity index is 969. The second kappa shape index (κ2) is 5.64. The van der Waals surface area contributed by atoms with E-state index in [1.54, 1.807) is 11.3 Å². The average molecular weight is 379 g/mol. The number of carbonyl (C=O) groups excluding carboxylic acids is 1. The van der Waals surface area contributed by atoms with E-state index in [2.05, 4.69) is 26.7 Å². The third kappa shape index (κ3) is 2.69. The van der Waals surface area contributed by atoms with Crippen molar-refractivity contribution < 1.29 is 4.79 Å². The summed E-state index contributed by atoms with van der Waals surface area (Å²) in [4.78, 5) is 21.3. The Morgan fingerprint density at radius 3 is 2.63 bits per heavy atom. The topological polar surface area (TPSA) is 66.4 Å². The van der Waals surface area contributed by atoms with E-state index >= 15 is 0 Å². The van der Waals surface area contributed by atoms with Gasteiger partial charge in [0.05, 0.1) is 15.7 Å². The number of nitrogens with one attached hydrogen (secondary N) is 2. The van der Waals surface area contributed by atoms with Gasteiger partial charge in [-0.3, -0.25) is 10.1 Å². The molecule has 0 saturated heterocycles. The molecule has 6 heteroatoms. The van der Waals surface area contributed by atoms with Crippen LogP contribution in [-0.4, -0.2) is 22.4 Å². The fraction of sp³-hybridized carbons (Fsp3) is 0.476. The maximum Gasteiger partial charge on any atom is 0.276 e. The first-order chi connectivity index (χ1) is 13.1. The molecule has 1 aromatic carbocycles. The highest BCUT2D eigenvalue weighted by Gasteiger charge is 2.51. The molecule has 2 heterocycles. The van der Waals surface area contributed by atoms with E-state index in [-0.39, 0.29) is 11.4 Å². The molecule has 2 aromatic rings. The third-order valence-corrected chi connectivity index (χ3v) is 7.57. The monoisotopic (exact) mass is 378 g/mol. The fourth-order valence-electron chi connectivity index (χ4n) is 6.16. The number of nitrogens with zero attached hydrogens (tertiary/aromatic N) is 2. The van der Waals surface area contributed by atoms with E-state index in [0.29, 0.717) is 11.7 Å². The van der Waals surface area contributed by atoms with Gasteiger partial charge in [0.2, 0.25) is 5.96 Å². The minimum absolute atomic E-state index is 0.119. The fourth-order valence-corrected chi connectivity index (χ4v) is 6.89. The van der Waals surface area contributed by atoms with E-state index < -0.39 is 0 Å². The third-order valence-electron chi connectivity index (χ3n) is 6.78. The molecular weight excluding hydrogens is 356 g/mol. The highest BCUT2D eigenvalue weighted by Crippen LogP contribution is 2.55. The van der Waals surface area contributed by atoms with Crippen LogP contribution in [0.25, 0.3) is 16.3 Å². The average Bonchev–Trinajstić information content (AvgIpc) is 3.19. The molecule has 4 aliphatic carbocycles. The van der Waals surface area contributed by atoms with Gasteiger partial charge in [0, 0.05) is 5.54 Å². The lowest BCUT2D eigenvalue weighted by Crippen LogP contribution is -2.61. The molecule has 5 nitrogen and oxygen atoms in total. The van der Waals surface area contributed by atoms with Crippen LogP contribution in [0, 0.1) is 17.8 Å². The number of guanidine groups is 1. The van der Waals surface area contributed by atoms with Gasteiger partial charge in [0.25, 0.3) is 5.91 Å². The summed E-state index contributed by atoms with van der Waals surface area (Å²) >= 11 is 1.61. The zero-order valence-corrected chi connectivity index (χ0v) is 15.9. The summed E-state index contributed by atoms with van der Waals surface area (Å²) in [5, 5.41) is 6.62. The first-order valence-electron chi connectivity index (χ1n) is 9.87. The van der Waals surface area contributed by atoms with Crippen LogP contribution >= 0.6 is 11.3 Å². The van der Waals surface area contributed by atoms with E-state index in [1.807, 2.05) is 23.7 Å². The first-order valence-corrected chi connectivity index (χ1v) is 10.8. The van der Waals surface area contributed by atoms with Crippen molar-refractivity contribution in [3.05, 3.63) is 35.0 Å². The summed E-state index contributed by atoms with van der Waals surface area (Å²) in [7, 11) is 0. The van der Waals surface area contributed by atoms with E-state index in [0.717, 1.165) is 33.5 Å². The molecule has 1 aromatic heterocycles. The summed E-state index contributed by atoms with van der Waals surface area (Å²) in [6, 6.07) is 6.04. The lowest BCUT2D eigenvalue weighted by Gasteiger charge is -2.57. The second-order valence-corrected chi connectivity index (χ2v) is 9.73. The first kappa shape index (κ1) is 15.8. The summed E-state index contributed by atoms with van der Waals surface area (Å²) in [6.45, 7) is 0. The number of aromatic nitrogens is 1. The van der Waals surface area contributed by atoms with Gasteiger partial charge in [-0.2, -0.15) is 0 Å². The quantitative estimate of drug-likeness (QED) is 0.784. The molecule has 0 radical (unpaired) electrons. The molecule has 1 amide bonds. The molecule has 7 rings (SSSR count). The van der Waals surface area contributed by atoms with Crippen molar-refractivity contribution in [2.45, 2.75) is 44.1 Å². The number of hydrogen-bond donors (Lipinski definition) is 2. The number of rotatable bonds is 2. The molecular formula is C21H22N4OS. The van der Waals surface area contributed by atoms with Gasteiger partial charge in [-0.15, -0.1) is 11.3 Å². The van der Waals surface area contributed by atoms with Crippen LogP contribution in [0.1, 0.15) is 44.1 Å². The summed E-state index contributed by atoms with van der Waals surface area (Å²) in [6.07, 6.45) is 9.78. The van der Waals surface area contributed by atoms with E-state index in [9.17, 15) is 4.79 Å². The van der Waals surface area contributed by atoms with Gasteiger partial charge < -0.3 is 5.32 Å². The van der Waals surface area contributed by atoms with Gasteiger partial charge in [0.15, 0.2) is 0 Å². The summed E-state index contributed by atoms with van der Waals surface area (Å²) in [5.41, 5.74) is 4.45. The van der Waals surface area contributed by atoms with Crippen LogP contribution in [-0.2, 0) is 4.79 Å². The molecule has 4 bridgehead atoms. The smallest absolute Gasteiger partial charge is 0.276 e. The highest BCUT2D eigenvalue weighted by molar-refractivity contribution is 7.16. The Morgan fingerprint density at radius 2 is 1.89 bits per heavy atom. The molecule has 4 saturated carbocycles. The maximum absolute atomic E-state index is 12.4. The Labute approximate surface area is 162 Å². The van der Waals surface area contributed by atoms with E-state index in [4.69, 9.17) is 0 Å². The summed E-state index contributed by atoms with van der Waals surface area (Å²) < 4.78 is 1.12. The molecule has 4 fully saturated rings. The Balaban J connectivity index is 1.26. The van der Waals surface area contributed by atoms with Crippen LogP contribution in [0.4, 0.5) is 0 Å². The molecule has 5 aliphatic rings. The Hall–Kier alpha value is -2.21. The minimum Gasteiger partial charge on any atom is -0.350 e. The highest BCUT2D eigenvalue weighted by atomic mass is 32.1. The van der Waals surface area contributed by atoms with Crippen molar-refractivity contribution in [3.63, 3.8) is 0 Å². The van der Waals surface area contributed by atoms with Crippen molar-refractivity contribution in [1.82, 2.24) is 15.6 Å². The number of aliphatic imine (C=N–C) groups is 1. The Kier molecular flexibility index (Phi) is 3.30. The minimum atomic E-state index is -0.119. The molecule has 1 aliphatic heterocycles. The van der Waals surface area contributed by atoms with Crippen molar-refractivity contribution in [2.75, 3.05) is 0 Å². The van der Waals surface area contributed by atoms with Crippen LogP contribution in [0.15, 0.2) is 34.4 Å². The number of amides is 1. The van der Waals surface area contributed by atoms with Gasteiger partial charge in [0.1, 0.15) is 5.70 Å². The van der Waals surface area contributed by atoms with Gasteiger partial charge >= 0.3 is 0 Å². The zero-order chi connectivity index (χ0) is 18.0. The molecule has 138 valence electrons. The zero-order valence-electron chi connectivity index (χ0n) is 15.1. The lowest BCUT2D eigenvalue weighted by atomic mass is 9.53. The number of benzene rings is 1. The van der Waals surface area contributed by atoms with Gasteiger partial charge in [-0.25, -0.2) is 9.98 Å². The largest absolute Gasteiger partial charge is 0.350 e. The summed E-state index contributed by atoms with van der Waals surface area (Å²) in [5.74, 6) is 3.12.